The molecule has 0 spiro atoms. The number of likely N-dealkylation sites (tertiary alicyclic amines) is 1. The molecule has 0 aromatic carbocycles. The lowest BCUT2D eigenvalue weighted by Crippen LogP contribution is -2.50. The highest BCUT2D eigenvalue weighted by molar-refractivity contribution is 5.83. The van der Waals surface area contributed by atoms with Crippen LogP contribution in [0.1, 0.15) is 39.0 Å². The molecule has 6 nitrogen and oxygen atoms in total. The maximum absolute atomic E-state index is 12.7. The molecule has 1 aliphatic heterocycles. The van der Waals surface area contributed by atoms with E-state index in [1.54, 1.807) is 19.1 Å². The van der Waals surface area contributed by atoms with Gasteiger partial charge in [-0.2, -0.15) is 0 Å². The Morgan fingerprint density at radius 2 is 2.00 bits per heavy atom. The molecule has 120 valence electrons. The van der Waals surface area contributed by atoms with E-state index in [0.29, 0.717) is 18.9 Å². The smallest absolute Gasteiger partial charge is 0.326 e. The molecular formula is C15H26N2O4. The van der Waals surface area contributed by atoms with Crippen molar-refractivity contribution in [3.8, 4) is 0 Å². The summed E-state index contributed by atoms with van der Waals surface area (Å²) in [4.78, 5) is 27.2. The fourth-order valence-electron chi connectivity index (χ4n) is 3.53. The number of carboxylic acids is 1. The molecule has 0 bridgehead atoms. The Bertz CT molecular complexity index is 401. The van der Waals surface area contributed by atoms with Crippen LogP contribution in [0.25, 0.3) is 0 Å². The van der Waals surface area contributed by atoms with Gasteiger partial charge in [0.25, 0.3) is 0 Å². The second-order valence-corrected chi connectivity index (χ2v) is 6.42. The number of carbonyl (C=O) groups excluding carboxylic acids is 1. The van der Waals surface area contributed by atoms with Crippen LogP contribution in [0.2, 0.25) is 0 Å². The minimum atomic E-state index is -0.951. The van der Waals surface area contributed by atoms with Gasteiger partial charge in [-0.15, -0.1) is 0 Å². The number of ether oxygens (including phenoxy) is 1. The molecule has 2 aliphatic rings. The first-order valence-electron chi connectivity index (χ1n) is 7.73. The van der Waals surface area contributed by atoms with Crippen LogP contribution in [0, 0.1) is 5.92 Å². The molecule has 0 aromatic rings. The van der Waals surface area contributed by atoms with E-state index >= 15 is 0 Å². The Kier molecular flexibility index (Phi) is 5.08. The number of hydrogen-bond acceptors (Lipinski definition) is 3. The van der Waals surface area contributed by atoms with Crippen LogP contribution in [0.5, 0.6) is 0 Å². The van der Waals surface area contributed by atoms with Crippen LogP contribution in [-0.2, 0) is 9.53 Å². The fourth-order valence-corrected chi connectivity index (χ4v) is 3.53. The molecule has 1 aliphatic carbocycles. The minimum absolute atomic E-state index is 0.180. The molecule has 21 heavy (non-hydrogen) atoms. The molecule has 2 fully saturated rings. The van der Waals surface area contributed by atoms with Crippen LogP contribution < -0.4 is 0 Å². The van der Waals surface area contributed by atoms with Gasteiger partial charge in [0.1, 0.15) is 6.04 Å². The van der Waals surface area contributed by atoms with Gasteiger partial charge in [0.05, 0.1) is 6.10 Å². The van der Waals surface area contributed by atoms with Gasteiger partial charge < -0.3 is 19.6 Å². The Labute approximate surface area is 126 Å². The zero-order valence-corrected chi connectivity index (χ0v) is 13.1. The van der Waals surface area contributed by atoms with Crippen molar-refractivity contribution in [2.24, 2.45) is 5.92 Å². The lowest BCUT2D eigenvalue weighted by atomic mass is 9.86. The average Bonchev–Trinajstić information content (AvgIpc) is 2.90. The first-order valence-corrected chi connectivity index (χ1v) is 7.73. The van der Waals surface area contributed by atoms with Crippen molar-refractivity contribution in [2.75, 3.05) is 20.7 Å². The third kappa shape index (κ3) is 3.48. The van der Waals surface area contributed by atoms with Gasteiger partial charge >= 0.3 is 12.0 Å². The predicted octanol–water partition coefficient (Wildman–Crippen LogP) is 1.79. The molecule has 4 unspecified atom stereocenters. The van der Waals surface area contributed by atoms with E-state index in [-0.39, 0.29) is 18.2 Å². The molecule has 1 heterocycles. The van der Waals surface area contributed by atoms with Gasteiger partial charge in [0.15, 0.2) is 0 Å². The SMILES string of the molecule is COC1CC(C(=O)O)N(C(=O)N(C)C2CCCC(C)C2)C1. The maximum Gasteiger partial charge on any atom is 0.326 e. The molecule has 1 saturated heterocycles. The zero-order valence-electron chi connectivity index (χ0n) is 13.1. The van der Waals surface area contributed by atoms with Crippen molar-refractivity contribution in [3.63, 3.8) is 0 Å². The van der Waals surface area contributed by atoms with Crippen molar-refractivity contribution in [2.45, 2.75) is 57.2 Å². The van der Waals surface area contributed by atoms with Gasteiger partial charge in [-0.25, -0.2) is 9.59 Å². The number of methoxy groups -OCH3 is 1. The molecular weight excluding hydrogens is 272 g/mol. The number of hydrogen-bond donors (Lipinski definition) is 1. The third-order valence-corrected chi connectivity index (χ3v) is 4.88. The molecule has 6 heteroatoms. The average molecular weight is 298 g/mol. The lowest BCUT2D eigenvalue weighted by Gasteiger charge is -2.37. The lowest BCUT2D eigenvalue weighted by molar-refractivity contribution is -0.141. The second-order valence-electron chi connectivity index (χ2n) is 6.42. The molecule has 1 N–H and O–H groups in total. The molecule has 0 radical (unpaired) electrons. The Hall–Kier alpha value is -1.30. The largest absolute Gasteiger partial charge is 0.480 e. The summed E-state index contributed by atoms with van der Waals surface area (Å²) >= 11 is 0. The van der Waals surface area contributed by atoms with E-state index in [1.807, 2.05) is 0 Å². The van der Waals surface area contributed by atoms with Gasteiger partial charge in [-0.3, -0.25) is 0 Å². The van der Waals surface area contributed by atoms with Crippen LogP contribution in [0.4, 0.5) is 4.79 Å². The number of amides is 2. The predicted molar refractivity (Wildman–Crippen MR) is 78.1 cm³/mol. The van der Waals surface area contributed by atoms with Crippen LogP contribution >= 0.6 is 0 Å². The van der Waals surface area contributed by atoms with Gasteiger partial charge in [0, 0.05) is 33.2 Å². The molecule has 0 aromatic heterocycles. The Balaban J connectivity index is 2.04. The van der Waals surface area contributed by atoms with E-state index in [0.717, 1.165) is 19.3 Å². The highest BCUT2D eigenvalue weighted by Crippen LogP contribution is 2.29. The number of urea groups is 1. The number of nitrogens with zero attached hydrogens (tertiary/aromatic N) is 2. The van der Waals surface area contributed by atoms with E-state index in [2.05, 4.69) is 6.92 Å². The monoisotopic (exact) mass is 298 g/mol. The van der Waals surface area contributed by atoms with Gasteiger partial charge in [-0.1, -0.05) is 19.8 Å². The highest BCUT2D eigenvalue weighted by Gasteiger charge is 2.42. The van der Waals surface area contributed by atoms with E-state index < -0.39 is 12.0 Å². The summed E-state index contributed by atoms with van der Waals surface area (Å²) in [6.45, 7) is 2.57. The summed E-state index contributed by atoms with van der Waals surface area (Å²) < 4.78 is 5.24. The number of carbonyl (C=O) groups is 2. The zero-order chi connectivity index (χ0) is 15.6. The van der Waals surface area contributed by atoms with Crippen molar-refractivity contribution >= 4 is 12.0 Å². The molecule has 2 amide bonds. The summed E-state index contributed by atoms with van der Waals surface area (Å²) in [6, 6.07) is -0.732. The molecule has 4 atom stereocenters. The standard InChI is InChI=1S/C15H26N2O4/c1-10-5-4-6-11(7-10)16(2)15(20)17-9-12(21-3)8-13(17)14(18)19/h10-13H,4-9H2,1-3H3,(H,18,19). The minimum Gasteiger partial charge on any atom is -0.480 e. The first-order chi connectivity index (χ1) is 9.93. The van der Waals surface area contributed by atoms with Crippen LogP contribution in [0.3, 0.4) is 0 Å². The first kappa shape index (κ1) is 16.1. The Morgan fingerprint density at radius 3 is 2.57 bits per heavy atom. The number of rotatable bonds is 3. The molecule has 2 rings (SSSR count). The third-order valence-electron chi connectivity index (χ3n) is 4.88. The number of aliphatic carboxylic acids is 1. The van der Waals surface area contributed by atoms with Gasteiger partial charge in [0.2, 0.25) is 0 Å². The summed E-state index contributed by atoms with van der Waals surface area (Å²) in [7, 11) is 3.36. The summed E-state index contributed by atoms with van der Waals surface area (Å²) in [5, 5.41) is 9.31. The Morgan fingerprint density at radius 1 is 1.29 bits per heavy atom. The summed E-state index contributed by atoms with van der Waals surface area (Å²) in [5.41, 5.74) is 0. The fraction of sp³-hybridized carbons (Fsp3) is 0.867. The summed E-state index contributed by atoms with van der Waals surface area (Å²) in [6.07, 6.45) is 4.53. The van der Waals surface area contributed by atoms with Crippen molar-refractivity contribution in [1.29, 1.82) is 0 Å². The van der Waals surface area contributed by atoms with Crippen molar-refractivity contribution in [3.05, 3.63) is 0 Å². The normalized spacial score (nSPS) is 33.0. The van der Waals surface area contributed by atoms with E-state index in [9.17, 15) is 14.7 Å². The van der Waals surface area contributed by atoms with Crippen LogP contribution in [-0.4, -0.2) is 65.8 Å². The highest BCUT2D eigenvalue weighted by atomic mass is 16.5. The topological polar surface area (TPSA) is 70.1 Å². The van der Waals surface area contributed by atoms with Crippen molar-refractivity contribution < 1.29 is 19.4 Å². The summed E-state index contributed by atoms with van der Waals surface area (Å²) in [5.74, 6) is -0.326. The van der Waals surface area contributed by atoms with Crippen LogP contribution in [0.15, 0.2) is 0 Å². The quantitative estimate of drug-likeness (QED) is 0.862. The van der Waals surface area contributed by atoms with E-state index in [4.69, 9.17) is 4.74 Å². The second kappa shape index (κ2) is 6.64. The van der Waals surface area contributed by atoms with E-state index in [1.165, 1.54) is 11.3 Å². The molecule has 1 saturated carbocycles. The number of carboxylic acid groups (broad SMARTS) is 1. The maximum atomic E-state index is 12.7. The van der Waals surface area contributed by atoms with Crippen molar-refractivity contribution in [1.82, 2.24) is 9.80 Å². The van der Waals surface area contributed by atoms with Gasteiger partial charge in [-0.05, 0) is 18.8 Å².